The number of nitrogens with one attached hydrogen (secondary N) is 1. The van der Waals surface area contributed by atoms with Crippen LogP contribution >= 0.6 is 0 Å². The highest BCUT2D eigenvalue weighted by Gasteiger charge is 2.20. The van der Waals surface area contributed by atoms with Crippen LogP contribution in [0.4, 0.5) is 0 Å². The topological polar surface area (TPSA) is 46.1 Å². The third kappa shape index (κ3) is 5.08. The lowest BCUT2D eigenvalue weighted by molar-refractivity contribution is 1.19. The van der Waals surface area contributed by atoms with Crippen molar-refractivity contribution < 1.29 is 0 Å². The van der Waals surface area contributed by atoms with Gasteiger partial charge in [-0.2, -0.15) is 0 Å². The van der Waals surface area contributed by atoms with E-state index in [0.717, 1.165) is 61.0 Å². The van der Waals surface area contributed by atoms with Crippen molar-refractivity contribution in [3.63, 3.8) is 0 Å². The van der Waals surface area contributed by atoms with Crippen molar-refractivity contribution in [1.82, 2.24) is 9.13 Å². The lowest BCUT2D eigenvalue weighted by Crippen LogP contribution is -2.12. The van der Waals surface area contributed by atoms with Crippen LogP contribution in [0.2, 0.25) is 0 Å². The van der Waals surface area contributed by atoms with Gasteiger partial charge in [0, 0.05) is 32.8 Å². The number of fused-ring (bicyclic) bond motifs is 9. The summed E-state index contributed by atoms with van der Waals surface area (Å²) in [5, 5.41) is 19.1. The molecule has 0 amide bonds. The molecule has 1 aliphatic carbocycles. The zero-order valence-electron chi connectivity index (χ0n) is 30.4. The molecule has 8 aromatic carbocycles. The van der Waals surface area contributed by atoms with E-state index in [9.17, 15) is 5.41 Å². The van der Waals surface area contributed by atoms with Gasteiger partial charge in [0.2, 0.25) is 5.96 Å². The molecular weight excluding hydrogens is 681 g/mol. The number of hydrogen-bond acceptors (Lipinski definition) is 1. The Bertz CT molecular complexity index is 3370. The molecule has 1 aliphatic rings. The van der Waals surface area contributed by atoms with Gasteiger partial charge in [-0.05, 0) is 86.8 Å². The highest BCUT2D eigenvalue weighted by Crippen LogP contribution is 2.43. The van der Waals surface area contributed by atoms with Crippen LogP contribution < -0.4 is 0 Å². The maximum Gasteiger partial charge on any atom is 0.227 e. The van der Waals surface area contributed by atoms with Crippen molar-refractivity contribution in [1.29, 1.82) is 5.41 Å². The SMILES string of the molecule is N=C(/N=C1/C=CC=C/C1=C\c1ccccc1)n1c2ccccc2c2ccc(-c3cc4c(c5ccccc35)c3ccccc3n4-c3ccc4ccccc4c3)cc21. The van der Waals surface area contributed by atoms with E-state index in [1.54, 1.807) is 0 Å². The molecule has 0 unspecified atom stereocenters. The normalized spacial score (nSPS) is 14.4. The Hall–Kier alpha value is -7.56. The number of aromatic nitrogens is 2. The third-order valence-electron chi connectivity index (χ3n) is 11.2. The average molecular weight is 715 g/mol. The van der Waals surface area contributed by atoms with Crippen LogP contribution in [0.15, 0.2) is 205 Å². The smallest absolute Gasteiger partial charge is 0.227 e. The molecule has 2 heterocycles. The van der Waals surface area contributed by atoms with Crippen molar-refractivity contribution in [3.05, 3.63) is 205 Å². The first-order valence-corrected chi connectivity index (χ1v) is 19.0. The van der Waals surface area contributed by atoms with Crippen molar-refractivity contribution >= 4 is 82.9 Å². The molecule has 1 N–H and O–H groups in total. The summed E-state index contributed by atoms with van der Waals surface area (Å²) in [5.41, 5.74) is 10.4. The molecular formula is C52H34N4. The summed E-state index contributed by atoms with van der Waals surface area (Å²) < 4.78 is 4.42. The van der Waals surface area contributed by atoms with E-state index in [2.05, 4.69) is 162 Å². The summed E-state index contributed by atoms with van der Waals surface area (Å²) in [6.45, 7) is 0. The molecule has 0 atom stereocenters. The van der Waals surface area contributed by atoms with Gasteiger partial charge in [0.25, 0.3) is 0 Å². The van der Waals surface area contributed by atoms with Crippen LogP contribution in [0.1, 0.15) is 5.56 Å². The Kier molecular flexibility index (Phi) is 7.29. The molecule has 4 nitrogen and oxygen atoms in total. The van der Waals surface area contributed by atoms with Crippen molar-refractivity contribution in [3.8, 4) is 16.8 Å². The van der Waals surface area contributed by atoms with E-state index in [0.29, 0.717) is 0 Å². The first kappa shape index (κ1) is 31.9. The maximum atomic E-state index is 9.56. The highest BCUT2D eigenvalue weighted by atomic mass is 15.1. The van der Waals surface area contributed by atoms with Gasteiger partial charge in [-0.1, -0.05) is 152 Å². The summed E-state index contributed by atoms with van der Waals surface area (Å²) in [7, 11) is 0. The molecule has 0 saturated heterocycles. The molecule has 56 heavy (non-hydrogen) atoms. The van der Waals surface area contributed by atoms with E-state index in [1.165, 1.54) is 37.8 Å². The number of allylic oxidation sites excluding steroid dienone is 5. The minimum absolute atomic E-state index is 0.166. The quantitative estimate of drug-likeness (QED) is 0.140. The van der Waals surface area contributed by atoms with Crippen LogP contribution in [0.25, 0.3) is 88.0 Å². The monoisotopic (exact) mass is 714 g/mol. The van der Waals surface area contributed by atoms with E-state index in [1.807, 2.05) is 47.1 Å². The van der Waals surface area contributed by atoms with Gasteiger partial charge in [0.05, 0.1) is 27.8 Å². The van der Waals surface area contributed by atoms with E-state index >= 15 is 0 Å². The van der Waals surface area contributed by atoms with Crippen LogP contribution in [0.3, 0.4) is 0 Å². The summed E-state index contributed by atoms with van der Waals surface area (Å²) in [5.74, 6) is 0.166. The van der Waals surface area contributed by atoms with Gasteiger partial charge in [0.1, 0.15) is 0 Å². The predicted octanol–water partition coefficient (Wildman–Crippen LogP) is 13.3. The average Bonchev–Trinajstić information content (AvgIpc) is 3.77. The first-order valence-electron chi connectivity index (χ1n) is 19.0. The van der Waals surface area contributed by atoms with Crippen LogP contribution in [0.5, 0.6) is 0 Å². The van der Waals surface area contributed by atoms with Crippen molar-refractivity contribution in [2.24, 2.45) is 4.99 Å². The molecule has 262 valence electrons. The summed E-state index contributed by atoms with van der Waals surface area (Å²) in [4.78, 5) is 4.99. The Labute approximate surface area is 323 Å². The van der Waals surface area contributed by atoms with E-state index in [4.69, 9.17) is 4.99 Å². The largest absolute Gasteiger partial charge is 0.309 e. The molecule has 0 aliphatic heterocycles. The van der Waals surface area contributed by atoms with Gasteiger partial charge in [-0.25, -0.2) is 4.99 Å². The lowest BCUT2D eigenvalue weighted by atomic mass is 9.94. The highest BCUT2D eigenvalue weighted by molar-refractivity contribution is 6.25. The first-order chi connectivity index (χ1) is 27.7. The number of aliphatic imine (C=N–C) groups is 1. The zero-order chi connectivity index (χ0) is 37.2. The van der Waals surface area contributed by atoms with Gasteiger partial charge in [0.15, 0.2) is 0 Å². The number of nitrogens with zero attached hydrogens (tertiary/aromatic N) is 3. The van der Waals surface area contributed by atoms with E-state index in [-0.39, 0.29) is 5.96 Å². The molecule has 0 radical (unpaired) electrons. The molecule has 0 spiro atoms. The van der Waals surface area contributed by atoms with Crippen LogP contribution in [0, 0.1) is 5.41 Å². The second-order valence-electron chi connectivity index (χ2n) is 14.4. The lowest BCUT2D eigenvalue weighted by Gasteiger charge is -2.14. The van der Waals surface area contributed by atoms with Crippen LogP contribution in [-0.2, 0) is 0 Å². The predicted molar refractivity (Wildman–Crippen MR) is 237 cm³/mol. The molecule has 10 aromatic rings. The molecule has 2 aromatic heterocycles. The minimum Gasteiger partial charge on any atom is -0.309 e. The summed E-state index contributed by atoms with van der Waals surface area (Å²) >= 11 is 0. The fourth-order valence-electron chi connectivity index (χ4n) is 8.63. The van der Waals surface area contributed by atoms with Crippen molar-refractivity contribution in [2.75, 3.05) is 0 Å². The fourth-order valence-corrected chi connectivity index (χ4v) is 8.63. The Balaban J connectivity index is 1.14. The minimum atomic E-state index is 0.166. The molecule has 0 fully saturated rings. The third-order valence-corrected chi connectivity index (χ3v) is 11.2. The van der Waals surface area contributed by atoms with Crippen molar-refractivity contribution in [2.45, 2.75) is 0 Å². The number of hydrogen-bond donors (Lipinski definition) is 1. The number of benzene rings is 8. The van der Waals surface area contributed by atoms with Gasteiger partial charge in [-0.3, -0.25) is 9.98 Å². The summed E-state index contributed by atoms with van der Waals surface area (Å²) in [6, 6.07) is 60.5. The second kappa shape index (κ2) is 12.8. The van der Waals surface area contributed by atoms with E-state index < -0.39 is 0 Å². The standard InChI is InChI=1S/C52H34N4/c53-52(54-46-23-11-6-18-38(46)30-34-14-2-1-3-15-34)56-47-24-12-9-20-41(47)42-29-27-37(32-49(42)56)45-33-50-51(43-21-8-7-19-40(43)45)44-22-10-13-25-48(44)55(50)39-28-26-35-16-4-5-17-36(35)31-39/h1-33,53H/b38-30+,53-52?,54-46-. The zero-order valence-corrected chi connectivity index (χ0v) is 30.4. The molecule has 11 rings (SSSR count). The Morgan fingerprint density at radius 3 is 2.04 bits per heavy atom. The maximum absolute atomic E-state index is 9.56. The molecule has 0 bridgehead atoms. The van der Waals surface area contributed by atoms with Gasteiger partial charge < -0.3 is 4.57 Å². The Morgan fingerprint density at radius 1 is 0.500 bits per heavy atom. The van der Waals surface area contributed by atoms with Gasteiger partial charge in [-0.15, -0.1) is 0 Å². The van der Waals surface area contributed by atoms with Crippen LogP contribution in [-0.4, -0.2) is 20.8 Å². The Morgan fingerprint density at radius 2 is 1.18 bits per heavy atom. The number of para-hydroxylation sites is 2. The summed E-state index contributed by atoms with van der Waals surface area (Å²) in [6.07, 6.45) is 10.2. The fraction of sp³-hybridized carbons (Fsp3) is 0. The molecule has 0 saturated carbocycles. The number of rotatable bonds is 3. The van der Waals surface area contributed by atoms with Gasteiger partial charge >= 0.3 is 0 Å². The molecule has 4 heteroatoms. The second-order valence-corrected chi connectivity index (χ2v) is 14.4.